The van der Waals surface area contributed by atoms with Crippen LogP contribution in [0.2, 0.25) is 0 Å². The minimum Gasteiger partial charge on any atom is -0.302 e. The van der Waals surface area contributed by atoms with Crippen LogP contribution in [-0.4, -0.2) is 14.8 Å². The molecule has 144 valence electrons. The quantitative estimate of drug-likeness (QED) is 0.509. The van der Waals surface area contributed by atoms with E-state index in [1.54, 1.807) is 11.8 Å². The summed E-state index contributed by atoms with van der Waals surface area (Å²) in [6, 6.07) is 10.0. The third-order valence-electron chi connectivity index (χ3n) is 6.97. The lowest BCUT2D eigenvalue weighted by molar-refractivity contribution is -0.0112. The van der Waals surface area contributed by atoms with Crippen LogP contribution in [0.4, 0.5) is 0 Å². The molecule has 0 N–H and O–H groups in total. The van der Waals surface area contributed by atoms with E-state index >= 15 is 0 Å². The van der Waals surface area contributed by atoms with Crippen molar-refractivity contribution in [1.29, 1.82) is 5.26 Å². The Morgan fingerprint density at radius 1 is 1.18 bits per heavy atom. The van der Waals surface area contributed by atoms with Crippen LogP contribution >= 0.6 is 11.8 Å². The lowest BCUT2D eigenvalue weighted by atomic mass is 9.49. The Labute approximate surface area is 171 Å². The Balaban J connectivity index is 1.42. The van der Waals surface area contributed by atoms with Gasteiger partial charge in [-0.3, -0.25) is 0 Å². The number of hydrogen-bond donors (Lipinski definition) is 0. The molecular formula is C23H26N4S. The van der Waals surface area contributed by atoms with Crippen molar-refractivity contribution in [2.45, 2.75) is 61.4 Å². The Bertz CT molecular complexity index is 903. The highest BCUT2D eigenvalue weighted by Crippen LogP contribution is 2.60. The van der Waals surface area contributed by atoms with E-state index in [1.165, 1.54) is 44.3 Å². The average Bonchev–Trinajstić information content (AvgIpc) is 3.09. The van der Waals surface area contributed by atoms with Crippen molar-refractivity contribution in [3.8, 4) is 6.07 Å². The number of benzene rings is 1. The fraction of sp³-hybridized carbons (Fsp3) is 0.522. The van der Waals surface area contributed by atoms with Gasteiger partial charge in [-0.25, -0.2) is 0 Å². The molecule has 6 rings (SSSR count). The van der Waals surface area contributed by atoms with Gasteiger partial charge in [0.1, 0.15) is 5.82 Å². The number of hydrogen-bond acceptors (Lipinski definition) is 4. The van der Waals surface area contributed by atoms with Crippen molar-refractivity contribution in [2.24, 2.45) is 17.8 Å². The van der Waals surface area contributed by atoms with Crippen molar-refractivity contribution in [2.75, 3.05) is 0 Å². The molecular weight excluding hydrogens is 364 g/mol. The number of nitriles is 1. The molecule has 4 saturated carbocycles. The molecule has 28 heavy (non-hydrogen) atoms. The molecule has 2 aromatic rings. The minimum atomic E-state index is 0.240. The summed E-state index contributed by atoms with van der Waals surface area (Å²) < 4.78 is 2.32. The van der Waals surface area contributed by atoms with E-state index in [2.05, 4.69) is 28.4 Å². The third-order valence-corrected chi connectivity index (χ3v) is 8.00. The lowest BCUT2D eigenvalue weighted by Crippen LogP contribution is -2.49. The van der Waals surface area contributed by atoms with Crippen molar-refractivity contribution < 1.29 is 0 Å². The Hall–Kier alpha value is -2.06. The summed E-state index contributed by atoms with van der Waals surface area (Å²) in [5.74, 6) is 4.69. The molecule has 0 aliphatic heterocycles. The van der Waals surface area contributed by atoms with Crippen LogP contribution < -0.4 is 0 Å². The molecule has 1 aromatic carbocycles. The highest BCUT2D eigenvalue weighted by atomic mass is 32.2. The fourth-order valence-electron chi connectivity index (χ4n) is 6.34. The smallest absolute Gasteiger partial charge is 0.191 e. The predicted molar refractivity (Wildman–Crippen MR) is 111 cm³/mol. The van der Waals surface area contributed by atoms with Crippen molar-refractivity contribution in [1.82, 2.24) is 14.8 Å². The summed E-state index contributed by atoms with van der Waals surface area (Å²) in [5, 5.41) is 19.5. The van der Waals surface area contributed by atoms with Crippen LogP contribution in [0.15, 0.2) is 42.1 Å². The first kappa shape index (κ1) is 18.0. The second kappa shape index (κ2) is 7.08. The minimum absolute atomic E-state index is 0.240. The summed E-state index contributed by atoms with van der Waals surface area (Å²) >= 11 is 1.72. The summed E-state index contributed by atoms with van der Waals surface area (Å²) in [7, 11) is 0. The summed E-state index contributed by atoms with van der Waals surface area (Å²) in [5.41, 5.74) is 2.10. The van der Waals surface area contributed by atoms with E-state index in [-0.39, 0.29) is 5.41 Å². The first-order valence-electron chi connectivity index (χ1n) is 10.4. The van der Waals surface area contributed by atoms with Gasteiger partial charge in [0.15, 0.2) is 5.16 Å². The molecule has 0 spiro atoms. The zero-order valence-electron chi connectivity index (χ0n) is 16.2. The van der Waals surface area contributed by atoms with Crippen molar-refractivity contribution >= 4 is 11.8 Å². The molecule has 0 atom stereocenters. The average molecular weight is 391 g/mol. The first-order chi connectivity index (χ1) is 13.7. The maximum absolute atomic E-state index is 9.12. The summed E-state index contributed by atoms with van der Waals surface area (Å²) in [4.78, 5) is 0. The lowest BCUT2D eigenvalue weighted by Gasteiger charge is -2.56. The molecule has 4 aliphatic rings. The monoisotopic (exact) mass is 390 g/mol. The highest BCUT2D eigenvalue weighted by molar-refractivity contribution is 7.98. The highest BCUT2D eigenvalue weighted by Gasteiger charge is 2.53. The van der Waals surface area contributed by atoms with Gasteiger partial charge in [-0.15, -0.1) is 16.8 Å². The molecule has 0 unspecified atom stereocenters. The van der Waals surface area contributed by atoms with Crippen LogP contribution in [-0.2, 0) is 17.7 Å². The Morgan fingerprint density at radius 2 is 1.89 bits per heavy atom. The number of aromatic nitrogens is 3. The van der Waals surface area contributed by atoms with Crippen LogP contribution in [0.25, 0.3) is 0 Å². The standard InChI is InChI=1S/C23H26N4S/c1-2-6-27-21(23-11-18-8-19(12-23)10-20(9-18)13-23)25-26-22(27)28-15-17-5-3-4-16(7-17)14-24/h2-5,7,18-20H,1,6,8-13,15H2. The predicted octanol–water partition coefficient (Wildman–Crippen LogP) is 5.10. The molecule has 4 nitrogen and oxygen atoms in total. The molecule has 4 fully saturated rings. The van der Waals surface area contributed by atoms with Crippen LogP contribution in [0.1, 0.15) is 55.5 Å². The van der Waals surface area contributed by atoms with Crippen LogP contribution in [0.5, 0.6) is 0 Å². The zero-order chi connectivity index (χ0) is 19.1. The van der Waals surface area contributed by atoms with Gasteiger partial charge in [0.05, 0.1) is 11.6 Å². The van der Waals surface area contributed by atoms with E-state index < -0.39 is 0 Å². The van der Waals surface area contributed by atoms with Gasteiger partial charge in [-0.1, -0.05) is 30.0 Å². The molecule has 4 bridgehead atoms. The summed E-state index contributed by atoms with van der Waals surface area (Å²) in [6.07, 6.45) is 10.2. The first-order valence-corrected chi connectivity index (χ1v) is 11.3. The molecule has 5 heteroatoms. The van der Waals surface area contributed by atoms with Gasteiger partial charge < -0.3 is 4.57 Å². The van der Waals surface area contributed by atoms with E-state index in [9.17, 15) is 0 Å². The topological polar surface area (TPSA) is 54.5 Å². The van der Waals surface area contributed by atoms with Crippen LogP contribution in [0.3, 0.4) is 0 Å². The Kier molecular flexibility index (Phi) is 4.55. The SMILES string of the molecule is C=CCn1c(SCc2cccc(C#N)c2)nnc1C12CC3CC(CC(C3)C1)C2. The van der Waals surface area contributed by atoms with E-state index in [1.807, 2.05) is 24.3 Å². The van der Waals surface area contributed by atoms with Crippen LogP contribution in [0, 0.1) is 29.1 Å². The molecule has 0 radical (unpaired) electrons. The maximum atomic E-state index is 9.12. The molecule has 1 aromatic heterocycles. The van der Waals surface area contributed by atoms with Gasteiger partial charge >= 0.3 is 0 Å². The van der Waals surface area contributed by atoms with Crippen molar-refractivity contribution in [3.63, 3.8) is 0 Å². The molecule has 4 aliphatic carbocycles. The summed E-state index contributed by atoms with van der Waals surface area (Å²) in [6.45, 7) is 4.75. The van der Waals surface area contributed by atoms with E-state index in [0.717, 1.165) is 40.8 Å². The third kappa shape index (κ3) is 3.08. The van der Waals surface area contributed by atoms with E-state index in [0.29, 0.717) is 5.56 Å². The van der Waals surface area contributed by atoms with Crippen molar-refractivity contribution in [3.05, 3.63) is 53.9 Å². The number of allylic oxidation sites excluding steroid dienone is 1. The van der Waals surface area contributed by atoms with Gasteiger partial charge in [-0.2, -0.15) is 5.26 Å². The van der Waals surface area contributed by atoms with Gasteiger partial charge in [-0.05, 0) is 74.0 Å². The maximum Gasteiger partial charge on any atom is 0.191 e. The Morgan fingerprint density at radius 3 is 2.54 bits per heavy atom. The normalized spacial score (nSPS) is 30.3. The van der Waals surface area contributed by atoms with Gasteiger partial charge in [0.2, 0.25) is 0 Å². The second-order valence-corrected chi connectivity index (χ2v) is 9.95. The fourth-order valence-corrected chi connectivity index (χ4v) is 7.24. The molecule has 0 saturated heterocycles. The zero-order valence-corrected chi connectivity index (χ0v) is 17.0. The van der Waals surface area contributed by atoms with Gasteiger partial charge in [0, 0.05) is 17.7 Å². The number of rotatable bonds is 6. The number of thioether (sulfide) groups is 1. The van der Waals surface area contributed by atoms with E-state index in [4.69, 9.17) is 10.4 Å². The second-order valence-electron chi connectivity index (χ2n) is 9.00. The molecule has 0 amide bonds. The van der Waals surface area contributed by atoms with Gasteiger partial charge in [0.25, 0.3) is 0 Å². The molecule has 1 heterocycles. The largest absolute Gasteiger partial charge is 0.302 e. The number of nitrogens with zero attached hydrogens (tertiary/aromatic N) is 4.